The Bertz CT molecular complexity index is 978. The Kier molecular flexibility index (Phi) is 7.23. The van der Waals surface area contributed by atoms with Gasteiger partial charge in [-0.3, -0.25) is 4.79 Å². The molecule has 0 aliphatic heterocycles. The van der Waals surface area contributed by atoms with E-state index < -0.39 is 0 Å². The van der Waals surface area contributed by atoms with E-state index >= 15 is 0 Å². The van der Waals surface area contributed by atoms with Crippen LogP contribution in [0.3, 0.4) is 0 Å². The molecule has 8 nitrogen and oxygen atoms in total. The van der Waals surface area contributed by atoms with Gasteiger partial charge in [-0.15, -0.1) is 10.2 Å². The minimum absolute atomic E-state index is 0.181. The van der Waals surface area contributed by atoms with Crippen molar-refractivity contribution >= 4 is 30.0 Å². The highest BCUT2D eigenvalue weighted by Crippen LogP contribution is 2.25. The van der Waals surface area contributed by atoms with Gasteiger partial charge in [-0.25, -0.2) is 5.43 Å². The predicted octanol–water partition coefficient (Wildman–Crippen LogP) is 3.47. The number of furan rings is 1. The molecule has 0 saturated carbocycles. The number of nitrogens with one attached hydrogen (secondary N) is 1. The summed E-state index contributed by atoms with van der Waals surface area (Å²) >= 11 is 1.31. The Hall–Kier alpha value is -3.33. The van der Waals surface area contributed by atoms with Gasteiger partial charge >= 0.3 is 0 Å². The lowest BCUT2D eigenvalue weighted by Gasteiger charge is -2.07. The summed E-state index contributed by atoms with van der Waals surface area (Å²) in [6, 6.07) is 11.2. The Morgan fingerprint density at radius 1 is 1.31 bits per heavy atom. The number of hydrogen-bond donors (Lipinski definition) is 1. The van der Waals surface area contributed by atoms with Gasteiger partial charge in [0, 0.05) is 18.3 Å². The molecule has 2 heterocycles. The molecular weight excluding hydrogens is 390 g/mol. The molecule has 3 aromatic rings. The average Bonchev–Trinajstić information content (AvgIpc) is 3.41. The van der Waals surface area contributed by atoms with Crippen LogP contribution in [0.4, 0.5) is 0 Å². The zero-order chi connectivity index (χ0) is 20.5. The maximum Gasteiger partial charge on any atom is 0.250 e. The third kappa shape index (κ3) is 5.58. The van der Waals surface area contributed by atoms with Crippen molar-refractivity contribution in [1.29, 1.82) is 0 Å². The van der Waals surface area contributed by atoms with Gasteiger partial charge in [-0.2, -0.15) is 5.10 Å². The van der Waals surface area contributed by atoms with Crippen LogP contribution < -0.4 is 10.2 Å². The van der Waals surface area contributed by atoms with E-state index in [2.05, 4.69) is 20.7 Å². The number of carbonyl (C=O) groups excluding carboxylic acids is 1. The van der Waals surface area contributed by atoms with Gasteiger partial charge in [0.05, 0.1) is 19.1 Å². The minimum atomic E-state index is -0.228. The smallest absolute Gasteiger partial charge is 0.250 e. The molecule has 29 heavy (non-hydrogen) atoms. The molecule has 0 saturated heterocycles. The molecule has 0 atom stereocenters. The molecular formula is C20H21N5O3S. The lowest BCUT2D eigenvalue weighted by molar-refractivity contribution is -0.118. The van der Waals surface area contributed by atoms with Gasteiger partial charge in [0.1, 0.15) is 11.5 Å². The number of amides is 1. The molecule has 150 valence electrons. The Balaban J connectivity index is 1.54. The first-order valence-corrected chi connectivity index (χ1v) is 9.92. The molecule has 2 aromatic heterocycles. The van der Waals surface area contributed by atoms with Crippen LogP contribution in [0.5, 0.6) is 5.75 Å². The van der Waals surface area contributed by atoms with Crippen molar-refractivity contribution in [2.75, 3.05) is 12.9 Å². The van der Waals surface area contributed by atoms with E-state index in [-0.39, 0.29) is 11.7 Å². The number of aromatic nitrogens is 3. The lowest BCUT2D eigenvalue weighted by atomic mass is 10.2. The first-order chi connectivity index (χ1) is 14.2. The van der Waals surface area contributed by atoms with Crippen molar-refractivity contribution in [2.24, 2.45) is 5.10 Å². The molecule has 0 bridgehead atoms. The Morgan fingerprint density at radius 2 is 2.14 bits per heavy atom. The summed E-state index contributed by atoms with van der Waals surface area (Å²) in [5.74, 6) is 2.19. The second kappa shape index (κ2) is 10.3. The van der Waals surface area contributed by atoms with E-state index in [1.165, 1.54) is 18.0 Å². The van der Waals surface area contributed by atoms with Crippen LogP contribution in [0.1, 0.15) is 12.7 Å². The molecule has 1 N–H and O–H groups in total. The van der Waals surface area contributed by atoms with Gasteiger partial charge in [-0.1, -0.05) is 11.8 Å². The van der Waals surface area contributed by atoms with Crippen molar-refractivity contribution in [3.8, 4) is 17.1 Å². The molecule has 0 aliphatic carbocycles. The first-order valence-electron chi connectivity index (χ1n) is 8.93. The van der Waals surface area contributed by atoms with Crippen LogP contribution in [0.15, 0.2) is 63.4 Å². The van der Waals surface area contributed by atoms with Crippen LogP contribution >= 0.6 is 11.8 Å². The van der Waals surface area contributed by atoms with Crippen LogP contribution in [-0.2, 0) is 11.3 Å². The van der Waals surface area contributed by atoms with Crippen molar-refractivity contribution < 1.29 is 13.9 Å². The van der Waals surface area contributed by atoms with E-state index in [9.17, 15) is 4.79 Å². The number of rotatable bonds is 9. The average molecular weight is 411 g/mol. The summed E-state index contributed by atoms with van der Waals surface area (Å²) < 4.78 is 12.3. The first kappa shape index (κ1) is 20.4. The van der Waals surface area contributed by atoms with E-state index in [0.717, 1.165) is 17.1 Å². The monoisotopic (exact) mass is 411 g/mol. The number of ether oxygens (including phenoxy) is 1. The fraction of sp³-hybridized carbons (Fsp3) is 0.200. The molecule has 0 radical (unpaired) electrons. The standard InChI is InChI=1S/C20H21N5O3S/c1-3-25-19(15-8-10-16(27-2)11-9-15)23-24-20(25)29-14-18(26)22-21-12-4-6-17-7-5-13-28-17/h4-13H,3,14H2,1-2H3,(H,22,26)/b6-4-,21-12-. The highest BCUT2D eigenvalue weighted by atomic mass is 32.2. The zero-order valence-corrected chi connectivity index (χ0v) is 16.9. The molecule has 9 heteroatoms. The van der Waals surface area contributed by atoms with Crippen LogP contribution in [0.25, 0.3) is 17.5 Å². The van der Waals surface area contributed by atoms with Crippen LogP contribution in [0, 0.1) is 0 Å². The van der Waals surface area contributed by atoms with Gasteiger partial charge in [-0.05, 0) is 55.5 Å². The quantitative estimate of drug-likeness (QED) is 0.329. The van der Waals surface area contributed by atoms with Gasteiger partial charge < -0.3 is 13.7 Å². The molecule has 0 unspecified atom stereocenters. The molecule has 1 amide bonds. The number of thioether (sulfide) groups is 1. The van der Waals surface area contributed by atoms with Gasteiger partial charge in [0.15, 0.2) is 11.0 Å². The second-order valence-corrected chi connectivity index (χ2v) is 6.70. The number of hydrogen-bond acceptors (Lipinski definition) is 7. The molecule has 0 spiro atoms. The maximum atomic E-state index is 12.0. The van der Waals surface area contributed by atoms with Crippen molar-refractivity contribution in [2.45, 2.75) is 18.6 Å². The topological polar surface area (TPSA) is 94.5 Å². The van der Waals surface area contributed by atoms with Crippen LogP contribution in [0.2, 0.25) is 0 Å². The number of hydrazone groups is 1. The highest BCUT2D eigenvalue weighted by molar-refractivity contribution is 7.99. The minimum Gasteiger partial charge on any atom is -0.497 e. The largest absolute Gasteiger partial charge is 0.497 e. The van der Waals surface area contributed by atoms with Crippen LogP contribution in [-0.4, -0.2) is 39.7 Å². The van der Waals surface area contributed by atoms with Gasteiger partial charge in [0.2, 0.25) is 0 Å². The number of nitrogens with zero attached hydrogens (tertiary/aromatic N) is 4. The molecule has 0 fully saturated rings. The summed E-state index contributed by atoms with van der Waals surface area (Å²) in [4.78, 5) is 12.0. The Labute approximate surface area is 172 Å². The predicted molar refractivity (Wildman–Crippen MR) is 113 cm³/mol. The van der Waals surface area contributed by atoms with E-state index in [1.54, 1.807) is 31.6 Å². The number of benzene rings is 1. The molecule has 3 rings (SSSR count). The third-order valence-corrected chi connectivity index (χ3v) is 4.83. The zero-order valence-electron chi connectivity index (χ0n) is 16.1. The van der Waals surface area contributed by atoms with E-state index in [0.29, 0.717) is 17.5 Å². The fourth-order valence-corrected chi connectivity index (χ4v) is 3.27. The summed E-state index contributed by atoms with van der Waals surface area (Å²) in [5.41, 5.74) is 3.41. The van der Waals surface area contributed by atoms with Gasteiger partial charge in [0.25, 0.3) is 5.91 Å². The molecule has 0 aliphatic rings. The van der Waals surface area contributed by atoms with Crippen molar-refractivity contribution in [1.82, 2.24) is 20.2 Å². The Morgan fingerprint density at radius 3 is 2.83 bits per heavy atom. The lowest BCUT2D eigenvalue weighted by Crippen LogP contribution is -2.19. The summed E-state index contributed by atoms with van der Waals surface area (Å²) in [6.45, 7) is 2.70. The third-order valence-electron chi connectivity index (χ3n) is 3.87. The second-order valence-electron chi connectivity index (χ2n) is 5.76. The maximum absolute atomic E-state index is 12.0. The summed E-state index contributed by atoms with van der Waals surface area (Å²) in [7, 11) is 1.63. The van der Waals surface area contributed by atoms with E-state index in [4.69, 9.17) is 9.15 Å². The SMILES string of the molecule is CCn1c(SCC(=O)N/N=C\C=C/c2ccco2)nnc1-c1ccc(OC)cc1. The van der Waals surface area contributed by atoms with E-state index in [1.807, 2.05) is 41.8 Å². The summed E-state index contributed by atoms with van der Waals surface area (Å²) in [6.07, 6.45) is 6.50. The normalized spacial score (nSPS) is 11.4. The highest BCUT2D eigenvalue weighted by Gasteiger charge is 2.14. The van der Waals surface area contributed by atoms with Crippen molar-refractivity contribution in [3.05, 3.63) is 54.5 Å². The molecule has 1 aromatic carbocycles. The number of allylic oxidation sites excluding steroid dienone is 1. The number of carbonyl (C=O) groups is 1. The summed E-state index contributed by atoms with van der Waals surface area (Å²) in [5, 5.41) is 13.0. The number of methoxy groups -OCH3 is 1. The van der Waals surface area contributed by atoms with Crippen molar-refractivity contribution in [3.63, 3.8) is 0 Å². The fourth-order valence-electron chi connectivity index (χ4n) is 2.47.